The minimum atomic E-state index is -0.459. The molecule has 23 heavy (non-hydrogen) atoms. The molecule has 0 aliphatic rings. The molecule has 2 rings (SSSR count). The highest BCUT2D eigenvalue weighted by Gasteiger charge is 2.14. The smallest absolute Gasteiger partial charge is 0.353 e. The van der Waals surface area contributed by atoms with Crippen molar-refractivity contribution in [2.45, 2.75) is 6.92 Å². The van der Waals surface area contributed by atoms with Gasteiger partial charge in [0.25, 0.3) is 0 Å². The van der Waals surface area contributed by atoms with Gasteiger partial charge in [0.15, 0.2) is 11.5 Å². The molecule has 114 valence electrons. The maximum Gasteiger partial charge on any atom is 0.353 e. The molecule has 6 heteroatoms. The minimum Gasteiger partial charge on any atom is -0.490 e. The highest BCUT2D eigenvalue weighted by molar-refractivity contribution is 7.12. The third kappa shape index (κ3) is 4.19. The van der Waals surface area contributed by atoms with Crippen molar-refractivity contribution in [3.8, 4) is 23.6 Å². The van der Waals surface area contributed by atoms with Gasteiger partial charge >= 0.3 is 5.97 Å². The average Bonchev–Trinajstić information content (AvgIpc) is 3.09. The third-order valence-electron chi connectivity index (χ3n) is 2.74. The van der Waals surface area contributed by atoms with Crippen molar-refractivity contribution in [2.24, 2.45) is 0 Å². The first kappa shape index (κ1) is 16.3. The number of esters is 1. The normalized spacial score (nSPS) is 9.35. The molecule has 1 heterocycles. The lowest BCUT2D eigenvalue weighted by Gasteiger charge is -2.11. The topological polar surface area (TPSA) is 83.1 Å². The van der Waals surface area contributed by atoms with Crippen LogP contribution in [0.3, 0.4) is 0 Å². The zero-order valence-electron chi connectivity index (χ0n) is 12.3. The highest BCUT2D eigenvalue weighted by Crippen LogP contribution is 2.30. The molecule has 0 saturated heterocycles. The maximum atomic E-state index is 12.0. The largest absolute Gasteiger partial charge is 0.490 e. The molecule has 0 unspecified atom stereocenters. The van der Waals surface area contributed by atoms with Crippen molar-refractivity contribution in [1.29, 1.82) is 10.5 Å². The Morgan fingerprint density at radius 1 is 1.26 bits per heavy atom. The SMILES string of the molecule is CCOc1cc(C=C(C#N)C#N)ccc1OC(=O)c1cccs1. The van der Waals surface area contributed by atoms with Crippen LogP contribution in [0.4, 0.5) is 0 Å². The molecule has 0 aliphatic heterocycles. The molecule has 5 nitrogen and oxygen atoms in total. The van der Waals surface area contributed by atoms with Crippen molar-refractivity contribution < 1.29 is 14.3 Å². The number of benzene rings is 1. The summed E-state index contributed by atoms with van der Waals surface area (Å²) in [5.74, 6) is 0.207. The fraction of sp³-hybridized carbons (Fsp3) is 0.118. The molecule has 0 atom stereocenters. The second kappa shape index (κ2) is 7.79. The molecule has 0 bridgehead atoms. The zero-order valence-corrected chi connectivity index (χ0v) is 13.1. The Kier molecular flexibility index (Phi) is 5.51. The van der Waals surface area contributed by atoms with E-state index in [2.05, 4.69) is 0 Å². The van der Waals surface area contributed by atoms with Crippen LogP contribution in [-0.2, 0) is 0 Å². The van der Waals surface area contributed by atoms with Gasteiger partial charge in [0, 0.05) is 0 Å². The molecular formula is C17H12N2O3S. The summed E-state index contributed by atoms with van der Waals surface area (Å²) >= 11 is 1.29. The number of thiophene rings is 1. The Bertz CT molecular complexity index is 795. The van der Waals surface area contributed by atoms with Gasteiger partial charge in [-0.3, -0.25) is 0 Å². The summed E-state index contributed by atoms with van der Waals surface area (Å²) in [5.41, 5.74) is 0.596. The third-order valence-corrected chi connectivity index (χ3v) is 3.59. The Balaban J connectivity index is 2.30. The number of hydrogen-bond acceptors (Lipinski definition) is 6. The van der Waals surface area contributed by atoms with E-state index < -0.39 is 5.97 Å². The molecule has 1 aromatic heterocycles. The highest BCUT2D eigenvalue weighted by atomic mass is 32.1. The Morgan fingerprint density at radius 2 is 2.04 bits per heavy atom. The van der Waals surface area contributed by atoms with E-state index in [1.807, 2.05) is 6.92 Å². The van der Waals surface area contributed by atoms with Gasteiger partial charge in [0.1, 0.15) is 22.6 Å². The zero-order chi connectivity index (χ0) is 16.7. The summed E-state index contributed by atoms with van der Waals surface area (Å²) in [6.45, 7) is 2.20. The van der Waals surface area contributed by atoms with E-state index in [9.17, 15) is 4.79 Å². The van der Waals surface area contributed by atoms with Crippen LogP contribution in [0.15, 0.2) is 41.3 Å². The quantitative estimate of drug-likeness (QED) is 0.474. The van der Waals surface area contributed by atoms with E-state index in [0.717, 1.165) is 0 Å². The Hall–Kier alpha value is -3.09. The second-order valence-corrected chi connectivity index (χ2v) is 5.24. The Labute approximate surface area is 137 Å². The summed E-state index contributed by atoms with van der Waals surface area (Å²) in [5, 5.41) is 19.4. The number of ether oxygens (including phenoxy) is 2. The van der Waals surface area contributed by atoms with E-state index >= 15 is 0 Å². The Morgan fingerprint density at radius 3 is 2.65 bits per heavy atom. The van der Waals surface area contributed by atoms with Gasteiger partial charge < -0.3 is 9.47 Å². The van der Waals surface area contributed by atoms with Crippen molar-refractivity contribution in [3.63, 3.8) is 0 Å². The standard InChI is InChI=1S/C17H12N2O3S/c1-2-21-15-9-12(8-13(10-18)11-19)5-6-14(15)22-17(20)16-4-3-7-23-16/h3-9H,2H2,1H3. The lowest BCUT2D eigenvalue weighted by atomic mass is 10.1. The van der Waals surface area contributed by atoms with Gasteiger partial charge in [-0.15, -0.1) is 11.3 Å². The molecule has 1 aromatic carbocycles. The van der Waals surface area contributed by atoms with E-state index in [0.29, 0.717) is 22.8 Å². The van der Waals surface area contributed by atoms with Gasteiger partial charge in [-0.2, -0.15) is 10.5 Å². The second-order valence-electron chi connectivity index (χ2n) is 4.29. The molecule has 0 fully saturated rings. The molecule has 0 radical (unpaired) electrons. The molecule has 0 amide bonds. The van der Waals surface area contributed by atoms with Gasteiger partial charge in [-0.1, -0.05) is 12.1 Å². The van der Waals surface area contributed by atoms with Gasteiger partial charge in [0.05, 0.1) is 6.61 Å². The lowest BCUT2D eigenvalue weighted by Crippen LogP contribution is -2.08. The summed E-state index contributed by atoms with van der Waals surface area (Å²) in [6, 6.07) is 11.9. The summed E-state index contributed by atoms with van der Waals surface area (Å²) in [7, 11) is 0. The van der Waals surface area contributed by atoms with E-state index in [-0.39, 0.29) is 11.3 Å². The first-order chi connectivity index (χ1) is 11.2. The minimum absolute atomic E-state index is 0.0178. The number of allylic oxidation sites excluding steroid dienone is 1. The van der Waals surface area contributed by atoms with Crippen LogP contribution >= 0.6 is 11.3 Å². The molecule has 0 N–H and O–H groups in total. The van der Waals surface area contributed by atoms with Crippen molar-refractivity contribution in [3.05, 3.63) is 51.7 Å². The number of rotatable bonds is 5. The fourth-order valence-electron chi connectivity index (χ4n) is 1.77. The number of carbonyl (C=O) groups excluding carboxylic acids is 1. The summed E-state index contributed by atoms with van der Waals surface area (Å²) in [4.78, 5) is 12.5. The van der Waals surface area contributed by atoms with Crippen LogP contribution in [0.1, 0.15) is 22.2 Å². The average molecular weight is 324 g/mol. The van der Waals surface area contributed by atoms with E-state index in [1.165, 1.54) is 17.4 Å². The van der Waals surface area contributed by atoms with Gasteiger partial charge in [-0.25, -0.2) is 4.79 Å². The lowest BCUT2D eigenvalue weighted by molar-refractivity contribution is 0.0733. The van der Waals surface area contributed by atoms with Crippen LogP contribution in [-0.4, -0.2) is 12.6 Å². The molecule has 0 saturated carbocycles. The van der Waals surface area contributed by atoms with Crippen LogP contribution < -0.4 is 9.47 Å². The number of hydrogen-bond donors (Lipinski definition) is 0. The van der Waals surface area contributed by atoms with Gasteiger partial charge in [-0.05, 0) is 42.1 Å². The van der Waals surface area contributed by atoms with Crippen molar-refractivity contribution in [1.82, 2.24) is 0 Å². The number of nitriles is 2. The van der Waals surface area contributed by atoms with Gasteiger partial charge in [0.2, 0.25) is 0 Å². The van der Waals surface area contributed by atoms with Crippen LogP contribution in [0, 0.1) is 22.7 Å². The summed E-state index contributed by atoms with van der Waals surface area (Å²) < 4.78 is 10.8. The number of carbonyl (C=O) groups is 1. The number of nitrogens with zero attached hydrogens (tertiary/aromatic N) is 2. The maximum absolute atomic E-state index is 12.0. The summed E-state index contributed by atoms with van der Waals surface area (Å²) in [6.07, 6.45) is 1.44. The molecule has 0 spiro atoms. The molecule has 0 aliphatic carbocycles. The van der Waals surface area contributed by atoms with Crippen LogP contribution in [0.2, 0.25) is 0 Å². The van der Waals surface area contributed by atoms with Crippen molar-refractivity contribution >= 4 is 23.4 Å². The van der Waals surface area contributed by atoms with Crippen LogP contribution in [0.5, 0.6) is 11.5 Å². The fourth-order valence-corrected chi connectivity index (χ4v) is 2.37. The first-order valence-electron chi connectivity index (χ1n) is 6.72. The predicted octanol–water partition coefficient (Wildman–Crippen LogP) is 3.80. The molecular weight excluding hydrogens is 312 g/mol. The van der Waals surface area contributed by atoms with E-state index in [1.54, 1.807) is 47.9 Å². The van der Waals surface area contributed by atoms with E-state index in [4.69, 9.17) is 20.0 Å². The monoisotopic (exact) mass is 324 g/mol. The van der Waals surface area contributed by atoms with Crippen LogP contribution in [0.25, 0.3) is 6.08 Å². The predicted molar refractivity (Wildman–Crippen MR) is 86.1 cm³/mol. The van der Waals surface area contributed by atoms with Crippen molar-refractivity contribution in [2.75, 3.05) is 6.61 Å². The first-order valence-corrected chi connectivity index (χ1v) is 7.60. The molecule has 2 aromatic rings.